The van der Waals surface area contributed by atoms with E-state index >= 15 is 0 Å². The lowest BCUT2D eigenvalue weighted by molar-refractivity contribution is -0.126. The smallest absolute Gasteiger partial charge is 0.238 e. The van der Waals surface area contributed by atoms with Gasteiger partial charge in [-0.1, -0.05) is 24.6 Å². The molecule has 23 heavy (non-hydrogen) atoms. The number of nitrogens with one attached hydrogen (secondary N) is 1. The van der Waals surface area contributed by atoms with E-state index in [4.69, 9.17) is 4.74 Å². The predicted molar refractivity (Wildman–Crippen MR) is 86.8 cm³/mol. The van der Waals surface area contributed by atoms with Crippen LogP contribution in [0.1, 0.15) is 24.8 Å². The largest absolute Gasteiger partial charge is 0.488 e. The molecule has 126 valence electrons. The first-order valence-electron chi connectivity index (χ1n) is 7.94. The van der Waals surface area contributed by atoms with Gasteiger partial charge in [-0.2, -0.15) is 4.31 Å². The van der Waals surface area contributed by atoms with Crippen LogP contribution >= 0.6 is 0 Å². The fraction of sp³-hybridized carbons (Fsp3) is 0.562. The molecule has 1 fully saturated rings. The lowest BCUT2D eigenvalue weighted by Gasteiger charge is -2.32. The first-order valence-corrected chi connectivity index (χ1v) is 9.79. The Morgan fingerprint density at radius 1 is 1.35 bits per heavy atom. The summed E-state index contributed by atoms with van der Waals surface area (Å²) in [5.41, 5.74) is 1.14. The van der Waals surface area contributed by atoms with E-state index in [-0.39, 0.29) is 12.0 Å². The number of hydrogen-bond donors (Lipinski definition) is 1. The monoisotopic (exact) mass is 338 g/mol. The number of carbonyl (C=O) groups is 1. The Kier molecular flexibility index (Phi) is 4.59. The molecule has 2 heterocycles. The maximum Gasteiger partial charge on any atom is 0.238 e. The summed E-state index contributed by atoms with van der Waals surface area (Å²) in [6, 6.07) is 7.23. The molecule has 1 amide bonds. The highest BCUT2D eigenvalue weighted by Gasteiger charge is 2.34. The molecule has 0 bridgehead atoms. The molecular formula is C16H22N2O4S. The molecule has 2 aliphatic rings. The topological polar surface area (TPSA) is 75.7 Å². The van der Waals surface area contributed by atoms with Crippen LogP contribution in [0, 0.1) is 0 Å². The summed E-state index contributed by atoms with van der Waals surface area (Å²) >= 11 is 0. The first-order chi connectivity index (χ1) is 10.9. The first kappa shape index (κ1) is 16.3. The van der Waals surface area contributed by atoms with Crippen LogP contribution in [0.15, 0.2) is 24.3 Å². The van der Waals surface area contributed by atoms with Crippen molar-refractivity contribution < 1.29 is 17.9 Å². The number of piperidine rings is 1. The number of fused-ring (bicyclic) bond motifs is 1. The molecule has 0 spiro atoms. The van der Waals surface area contributed by atoms with Gasteiger partial charge in [0.05, 0.1) is 12.8 Å². The second kappa shape index (κ2) is 6.49. The molecule has 0 saturated carbocycles. The standard InChI is InChI=1S/C16H22N2O4S/c1-23(20,21)18-9-5-4-7-14(18)16(19)17-11-13-10-12-6-2-3-8-15(12)22-13/h2-3,6,8,13-14H,4-5,7,9-11H2,1H3,(H,17,19). The Balaban J connectivity index is 1.57. The zero-order valence-corrected chi connectivity index (χ0v) is 14.0. The molecule has 1 aromatic carbocycles. The van der Waals surface area contributed by atoms with Gasteiger partial charge in [-0.05, 0) is 24.5 Å². The van der Waals surface area contributed by atoms with Crippen LogP contribution in [-0.2, 0) is 21.2 Å². The lowest BCUT2D eigenvalue weighted by atomic mass is 10.0. The van der Waals surface area contributed by atoms with Gasteiger partial charge in [-0.25, -0.2) is 8.42 Å². The van der Waals surface area contributed by atoms with Crippen LogP contribution in [0.4, 0.5) is 0 Å². The third kappa shape index (κ3) is 3.67. The second-order valence-corrected chi connectivity index (χ2v) is 8.12. The van der Waals surface area contributed by atoms with E-state index < -0.39 is 16.1 Å². The van der Waals surface area contributed by atoms with Gasteiger partial charge < -0.3 is 10.1 Å². The highest BCUT2D eigenvalue weighted by Crippen LogP contribution is 2.28. The molecule has 3 rings (SSSR count). The fourth-order valence-corrected chi connectivity index (χ4v) is 4.39. The predicted octanol–water partition coefficient (Wildman–Crippen LogP) is 0.920. The Morgan fingerprint density at radius 3 is 2.87 bits per heavy atom. The number of rotatable bonds is 4. The SMILES string of the molecule is CS(=O)(=O)N1CCCCC1C(=O)NCC1Cc2ccccc2O1. The molecule has 2 unspecified atom stereocenters. The Bertz CT molecular complexity index is 664. The minimum atomic E-state index is -3.36. The molecule has 1 aromatic rings. The van der Waals surface area contributed by atoms with Crippen molar-refractivity contribution in [2.75, 3.05) is 19.3 Å². The molecular weight excluding hydrogens is 316 g/mol. The van der Waals surface area contributed by atoms with Crippen molar-refractivity contribution in [1.82, 2.24) is 9.62 Å². The number of benzene rings is 1. The van der Waals surface area contributed by atoms with Gasteiger partial charge in [-0.3, -0.25) is 4.79 Å². The fourth-order valence-electron chi connectivity index (χ4n) is 3.26. The van der Waals surface area contributed by atoms with Gasteiger partial charge >= 0.3 is 0 Å². The van der Waals surface area contributed by atoms with Crippen molar-refractivity contribution in [3.05, 3.63) is 29.8 Å². The number of para-hydroxylation sites is 1. The molecule has 1 saturated heterocycles. The third-order valence-corrected chi connectivity index (χ3v) is 5.69. The van der Waals surface area contributed by atoms with Gasteiger partial charge in [-0.15, -0.1) is 0 Å². The quantitative estimate of drug-likeness (QED) is 0.886. The van der Waals surface area contributed by atoms with Crippen LogP contribution < -0.4 is 10.1 Å². The summed E-state index contributed by atoms with van der Waals surface area (Å²) in [7, 11) is -3.36. The highest BCUT2D eigenvalue weighted by atomic mass is 32.2. The number of hydrogen-bond acceptors (Lipinski definition) is 4. The number of amides is 1. The van der Waals surface area contributed by atoms with E-state index in [0.29, 0.717) is 19.5 Å². The molecule has 7 heteroatoms. The molecule has 0 aromatic heterocycles. The summed E-state index contributed by atoms with van der Waals surface area (Å²) in [6.07, 6.45) is 4.08. The van der Waals surface area contributed by atoms with E-state index in [0.717, 1.165) is 36.8 Å². The molecule has 2 atom stereocenters. The van der Waals surface area contributed by atoms with E-state index in [1.165, 1.54) is 4.31 Å². The minimum Gasteiger partial charge on any atom is -0.488 e. The second-order valence-electron chi connectivity index (χ2n) is 6.18. The van der Waals surface area contributed by atoms with Crippen molar-refractivity contribution >= 4 is 15.9 Å². The van der Waals surface area contributed by atoms with Crippen LogP contribution in [0.5, 0.6) is 5.75 Å². The normalized spacial score (nSPS) is 24.7. The molecule has 2 aliphatic heterocycles. The zero-order chi connectivity index (χ0) is 16.4. The minimum absolute atomic E-state index is 0.0911. The van der Waals surface area contributed by atoms with Gasteiger partial charge in [0.1, 0.15) is 17.9 Å². The summed E-state index contributed by atoms with van der Waals surface area (Å²) in [6.45, 7) is 0.809. The Labute approximate surface area is 136 Å². The number of nitrogens with zero attached hydrogens (tertiary/aromatic N) is 1. The average Bonchev–Trinajstić information content (AvgIpc) is 2.94. The molecule has 6 nitrogen and oxygen atoms in total. The van der Waals surface area contributed by atoms with Crippen molar-refractivity contribution in [3.8, 4) is 5.75 Å². The third-order valence-electron chi connectivity index (χ3n) is 4.40. The number of carbonyl (C=O) groups excluding carboxylic acids is 1. The van der Waals surface area contributed by atoms with Crippen LogP contribution in [0.2, 0.25) is 0 Å². The van der Waals surface area contributed by atoms with Crippen molar-refractivity contribution in [3.63, 3.8) is 0 Å². The number of sulfonamides is 1. The van der Waals surface area contributed by atoms with E-state index in [2.05, 4.69) is 5.32 Å². The molecule has 0 aliphatic carbocycles. The van der Waals surface area contributed by atoms with Crippen LogP contribution in [0.3, 0.4) is 0 Å². The number of ether oxygens (including phenoxy) is 1. The van der Waals surface area contributed by atoms with Crippen molar-refractivity contribution in [2.24, 2.45) is 0 Å². The van der Waals surface area contributed by atoms with Gasteiger partial charge in [0, 0.05) is 13.0 Å². The lowest BCUT2D eigenvalue weighted by Crippen LogP contribution is -2.52. The molecule has 0 radical (unpaired) electrons. The van der Waals surface area contributed by atoms with E-state index in [9.17, 15) is 13.2 Å². The van der Waals surface area contributed by atoms with Gasteiger partial charge in [0.15, 0.2) is 0 Å². The Hall–Kier alpha value is -1.60. The zero-order valence-electron chi connectivity index (χ0n) is 13.2. The van der Waals surface area contributed by atoms with Crippen LogP contribution in [0.25, 0.3) is 0 Å². The van der Waals surface area contributed by atoms with Crippen molar-refractivity contribution in [1.29, 1.82) is 0 Å². The maximum atomic E-state index is 12.4. The van der Waals surface area contributed by atoms with Crippen molar-refractivity contribution in [2.45, 2.75) is 37.8 Å². The van der Waals surface area contributed by atoms with E-state index in [1.54, 1.807) is 0 Å². The van der Waals surface area contributed by atoms with E-state index in [1.807, 2.05) is 24.3 Å². The summed E-state index contributed by atoms with van der Waals surface area (Å²) in [4.78, 5) is 12.4. The molecule has 1 N–H and O–H groups in total. The summed E-state index contributed by atoms with van der Waals surface area (Å²) < 4.78 is 30.8. The Morgan fingerprint density at radius 2 is 2.13 bits per heavy atom. The van der Waals surface area contributed by atoms with Gasteiger partial charge in [0.25, 0.3) is 0 Å². The van der Waals surface area contributed by atoms with Gasteiger partial charge in [0.2, 0.25) is 15.9 Å². The van der Waals surface area contributed by atoms with Crippen LogP contribution in [-0.4, -0.2) is 50.1 Å². The average molecular weight is 338 g/mol. The highest BCUT2D eigenvalue weighted by molar-refractivity contribution is 7.88. The summed E-state index contributed by atoms with van der Waals surface area (Å²) in [5.74, 6) is 0.636. The maximum absolute atomic E-state index is 12.4. The summed E-state index contributed by atoms with van der Waals surface area (Å²) in [5, 5.41) is 2.86.